The molecule has 0 heterocycles. The molecule has 0 saturated heterocycles. The topological polar surface area (TPSA) is 40.5 Å². The molecule has 2 aliphatic rings. The summed E-state index contributed by atoms with van der Waals surface area (Å²) >= 11 is 0. The number of aliphatic hydroxyl groups is 2. The Hall–Kier alpha value is -0.0800. The molecule has 0 aliphatic heterocycles. The van der Waals surface area contributed by atoms with E-state index < -0.39 is 0 Å². The zero-order valence-electron chi connectivity index (χ0n) is 10.8. The first-order valence-corrected chi connectivity index (χ1v) is 6.70. The van der Waals surface area contributed by atoms with E-state index in [1.165, 1.54) is 0 Å². The molecule has 2 N–H and O–H groups in total. The Labute approximate surface area is 99.1 Å². The lowest BCUT2D eigenvalue weighted by atomic mass is 9.58. The van der Waals surface area contributed by atoms with Crippen molar-refractivity contribution in [2.24, 2.45) is 29.1 Å². The quantitative estimate of drug-likeness (QED) is 0.721. The van der Waals surface area contributed by atoms with Gasteiger partial charge in [0.05, 0.1) is 6.10 Å². The van der Waals surface area contributed by atoms with Crippen LogP contribution in [0.15, 0.2) is 0 Å². The van der Waals surface area contributed by atoms with Gasteiger partial charge in [0.15, 0.2) is 0 Å². The lowest BCUT2D eigenvalue weighted by molar-refractivity contribution is -0.0771. The molecule has 0 amide bonds. The molecule has 2 unspecified atom stereocenters. The largest absolute Gasteiger partial charge is 0.396 e. The molecule has 0 aromatic carbocycles. The van der Waals surface area contributed by atoms with Gasteiger partial charge < -0.3 is 10.2 Å². The van der Waals surface area contributed by atoms with E-state index in [-0.39, 0.29) is 6.10 Å². The first-order chi connectivity index (χ1) is 7.41. The van der Waals surface area contributed by atoms with Crippen molar-refractivity contribution in [2.45, 2.75) is 52.6 Å². The molecule has 16 heavy (non-hydrogen) atoms. The van der Waals surface area contributed by atoms with Crippen molar-refractivity contribution in [1.82, 2.24) is 0 Å². The third-order valence-electron chi connectivity index (χ3n) is 4.90. The van der Waals surface area contributed by atoms with Crippen molar-refractivity contribution in [2.75, 3.05) is 6.61 Å². The van der Waals surface area contributed by atoms with E-state index in [0.29, 0.717) is 29.8 Å². The molecular weight excluding hydrogens is 200 g/mol. The van der Waals surface area contributed by atoms with Crippen molar-refractivity contribution in [1.29, 1.82) is 0 Å². The summed E-state index contributed by atoms with van der Waals surface area (Å²) in [7, 11) is 0. The molecule has 94 valence electrons. The molecule has 0 aromatic rings. The summed E-state index contributed by atoms with van der Waals surface area (Å²) in [6, 6.07) is 0. The normalized spacial score (nSPS) is 44.4. The number of hydrogen-bond donors (Lipinski definition) is 2. The third kappa shape index (κ3) is 2.28. The molecule has 2 saturated carbocycles. The number of rotatable bonds is 1. The molecule has 2 heteroatoms. The lowest BCUT2D eigenvalue weighted by Crippen LogP contribution is -2.46. The van der Waals surface area contributed by atoms with Gasteiger partial charge in [-0.2, -0.15) is 0 Å². The van der Waals surface area contributed by atoms with Gasteiger partial charge in [-0.25, -0.2) is 0 Å². The summed E-state index contributed by atoms with van der Waals surface area (Å²) in [5, 5.41) is 19.5. The van der Waals surface area contributed by atoms with Gasteiger partial charge in [0.1, 0.15) is 0 Å². The molecule has 2 aliphatic carbocycles. The monoisotopic (exact) mass is 226 g/mol. The highest BCUT2D eigenvalue weighted by Gasteiger charge is 2.44. The first kappa shape index (κ1) is 12.4. The van der Waals surface area contributed by atoms with E-state index >= 15 is 0 Å². The minimum atomic E-state index is -0.0959. The predicted octanol–water partition coefficient (Wildman–Crippen LogP) is 2.44. The van der Waals surface area contributed by atoms with Crippen LogP contribution in [-0.2, 0) is 0 Å². The second-order valence-corrected chi connectivity index (χ2v) is 7.07. The van der Waals surface area contributed by atoms with E-state index in [2.05, 4.69) is 20.8 Å². The van der Waals surface area contributed by atoms with Gasteiger partial charge in [-0.05, 0) is 54.8 Å². The van der Waals surface area contributed by atoms with Gasteiger partial charge in [-0.15, -0.1) is 0 Å². The summed E-state index contributed by atoms with van der Waals surface area (Å²) in [6.45, 7) is 7.25. The standard InChI is InChI=1S/C14H26O2/c1-14(2,3)12-6-10-4-9(8-15)5-11(7-12)13(10)16/h9-13,15-16H,4-8H2,1-3H3. The molecule has 0 radical (unpaired) electrons. The average molecular weight is 226 g/mol. The molecule has 0 aromatic heterocycles. The van der Waals surface area contributed by atoms with E-state index in [4.69, 9.17) is 0 Å². The first-order valence-electron chi connectivity index (χ1n) is 6.70. The Morgan fingerprint density at radius 2 is 1.50 bits per heavy atom. The van der Waals surface area contributed by atoms with Crippen LogP contribution in [0, 0.1) is 29.1 Å². The highest BCUT2D eigenvalue weighted by molar-refractivity contribution is 4.95. The second kappa shape index (κ2) is 4.30. The van der Waals surface area contributed by atoms with Gasteiger partial charge >= 0.3 is 0 Å². The van der Waals surface area contributed by atoms with Gasteiger partial charge in [0, 0.05) is 6.61 Å². The van der Waals surface area contributed by atoms with Gasteiger partial charge in [-0.1, -0.05) is 20.8 Å². The van der Waals surface area contributed by atoms with Crippen LogP contribution in [0.4, 0.5) is 0 Å². The molecule has 2 nitrogen and oxygen atoms in total. The molecular formula is C14H26O2. The summed E-state index contributed by atoms with van der Waals surface area (Å²) in [4.78, 5) is 0. The number of fused-ring (bicyclic) bond motifs is 2. The Morgan fingerprint density at radius 1 is 1.00 bits per heavy atom. The van der Waals surface area contributed by atoms with Crippen LogP contribution in [0.5, 0.6) is 0 Å². The Kier molecular flexibility index (Phi) is 3.33. The van der Waals surface area contributed by atoms with E-state index in [0.717, 1.165) is 31.6 Å². The van der Waals surface area contributed by atoms with Crippen molar-refractivity contribution in [3.63, 3.8) is 0 Å². The summed E-state index contributed by atoms with van der Waals surface area (Å²) in [6.07, 6.45) is 4.26. The van der Waals surface area contributed by atoms with Crippen molar-refractivity contribution in [3.05, 3.63) is 0 Å². The van der Waals surface area contributed by atoms with Crippen molar-refractivity contribution < 1.29 is 10.2 Å². The van der Waals surface area contributed by atoms with Crippen LogP contribution in [-0.4, -0.2) is 22.9 Å². The Morgan fingerprint density at radius 3 is 1.88 bits per heavy atom. The zero-order valence-corrected chi connectivity index (χ0v) is 10.8. The Balaban J connectivity index is 2.07. The van der Waals surface area contributed by atoms with Crippen LogP contribution in [0.25, 0.3) is 0 Å². The minimum Gasteiger partial charge on any atom is -0.396 e. The van der Waals surface area contributed by atoms with Gasteiger partial charge in [0.25, 0.3) is 0 Å². The molecule has 2 fully saturated rings. The third-order valence-corrected chi connectivity index (χ3v) is 4.90. The summed E-state index contributed by atoms with van der Waals surface area (Å²) in [5.41, 5.74) is 0.364. The molecule has 2 atom stereocenters. The van der Waals surface area contributed by atoms with Crippen LogP contribution < -0.4 is 0 Å². The fraction of sp³-hybridized carbons (Fsp3) is 1.00. The van der Waals surface area contributed by atoms with Gasteiger partial charge in [-0.3, -0.25) is 0 Å². The predicted molar refractivity (Wildman–Crippen MR) is 65.0 cm³/mol. The number of hydrogen-bond acceptors (Lipinski definition) is 2. The van der Waals surface area contributed by atoms with Crippen LogP contribution in [0.1, 0.15) is 46.5 Å². The average Bonchev–Trinajstić information content (AvgIpc) is 2.15. The smallest absolute Gasteiger partial charge is 0.0596 e. The van der Waals surface area contributed by atoms with E-state index in [1.807, 2.05) is 0 Å². The van der Waals surface area contributed by atoms with Crippen LogP contribution in [0.2, 0.25) is 0 Å². The summed E-state index contributed by atoms with van der Waals surface area (Å²) in [5.74, 6) is 2.06. The van der Waals surface area contributed by atoms with Crippen LogP contribution in [0.3, 0.4) is 0 Å². The molecule has 2 rings (SSSR count). The summed E-state index contributed by atoms with van der Waals surface area (Å²) < 4.78 is 0. The van der Waals surface area contributed by atoms with Crippen molar-refractivity contribution >= 4 is 0 Å². The maximum atomic E-state index is 10.2. The van der Waals surface area contributed by atoms with E-state index in [1.54, 1.807) is 0 Å². The molecule has 2 bridgehead atoms. The maximum absolute atomic E-state index is 10.2. The Bertz CT molecular complexity index is 228. The molecule has 0 spiro atoms. The highest BCUT2D eigenvalue weighted by atomic mass is 16.3. The van der Waals surface area contributed by atoms with E-state index in [9.17, 15) is 10.2 Å². The minimum absolute atomic E-state index is 0.0959. The zero-order chi connectivity index (χ0) is 11.9. The van der Waals surface area contributed by atoms with Crippen LogP contribution >= 0.6 is 0 Å². The fourth-order valence-electron chi connectivity index (χ4n) is 3.77. The maximum Gasteiger partial charge on any atom is 0.0596 e. The second-order valence-electron chi connectivity index (χ2n) is 7.07. The SMILES string of the molecule is CC(C)(C)C1CC2CC(CO)CC(C1)C2O. The number of aliphatic hydroxyl groups excluding tert-OH is 2. The van der Waals surface area contributed by atoms with Gasteiger partial charge in [0.2, 0.25) is 0 Å². The lowest BCUT2D eigenvalue weighted by Gasteiger charge is -2.49. The van der Waals surface area contributed by atoms with Crippen molar-refractivity contribution in [3.8, 4) is 0 Å². The highest BCUT2D eigenvalue weighted by Crippen LogP contribution is 2.49. The fourth-order valence-corrected chi connectivity index (χ4v) is 3.77.